The van der Waals surface area contributed by atoms with E-state index in [2.05, 4.69) is 31.8 Å². The lowest BCUT2D eigenvalue weighted by molar-refractivity contribution is 0.102. The number of nitrogens with zero attached hydrogens (tertiary/aromatic N) is 3. The number of H-pyrrole nitrogens is 1. The number of methoxy groups -OCH3 is 1. The van der Waals surface area contributed by atoms with Crippen LogP contribution in [0.4, 0.5) is 5.13 Å². The summed E-state index contributed by atoms with van der Waals surface area (Å²) in [5, 5.41) is 20.2. The Labute approximate surface area is 165 Å². The third kappa shape index (κ3) is 3.86. The quantitative estimate of drug-likeness (QED) is 0.520. The molecular formula is C20H19N5O2S. The van der Waals surface area contributed by atoms with Gasteiger partial charge in [-0.25, -0.2) is 0 Å². The second-order valence-corrected chi connectivity index (χ2v) is 7.49. The zero-order valence-corrected chi connectivity index (χ0v) is 16.3. The molecule has 4 rings (SSSR count). The molecule has 0 aliphatic carbocycles. The molecule has 0 radical (unpaired) electrons. The summed E-state index contributed by atoms with van der Waals surface area (Å²) in [5.41, 5.74) is 3.41. The smallest absolute Gasteiger partial charge is 0.278 e. The van der Waals surface area contributed by atoms with Gasteiger partial charge in [-0.3, -0.25) is 15.2 Å². The fourth-order valence-electron chi connectivity index (χ4n) is 2.94. The van der Waals surface area contributed by atoms with E-state index < -0.39 is 0 Å². The number of ether oxygens (including phenoxy) is 1. The van der Waals surface area contributed by atoms with Gasteiger partial charge in [0.15, 0.2) is 5.69 Å². The van der Waals surface area contributed by atoms with Crippen LogP contribution in [0.25, 0.3) is 10.9 Å². The molecule has 0 spiro atoms. The van der Waals surface area contributed by atoms with Crippen LogP contribution in [0.15, 0.2) is 42.5 Å². The van der Waals surface area contributed by atoms with Gasteiger partial charge in [-0.2, -0.15) is 5.10 Å². The molecule has 2 aromatic heterocycles. The number of aromatic nitrogens is 4. The van der Waals surface area contributed by atoms with Crippen molar-refractivity contribution in [2.75, 3.05) is 12.4 Å². The first-order valence-electron chi connectivity index (χ1n) is 8.84. The number of aryl methyl sites for hydroxylation is 3. The second kappa shape index (κ2) is 7.77. The van der Waals surface area contributed by atoms with Gasteiger partial charge >= 0.3 is 0 Å². The molecule has 0 bridgehead atoms. The number of amides is 1. The molecule has 8 heteroatoms. The molecule has 2 aromatic carbocycles. The van der Waals surface area contributed by atoms with E-state index in [-0.39, 0.29) is 5.91 Å². The van der Waals surface area contributed by atoms with Crippen molar-refractivity contribution in [1.82, 2.24) is 20.4 Å². The van der Waals surface area contributed by atoms with Gasteiger partial charge in [-0.15, -0.1) is 10.2 Å². The summed E-state index contributed by atoms with van der Waals surface area (Å²) < 4.78 is 5.25. The number of carbonyl (C=O) groups is 1. The lowest BCUT2D eigenvalue weighted by Gasteiger charge is -2.02. The third-order valence-electron chi connectivity index (χ3n) is 4.38. The van der Waals surface area contributed by atoms with Crippen molar-refractivity contribution in [2.24, 2.45) is 0 Å². The fourth-order valence-corrected chi connectivity index (χ4v) is 3.68. The molecule has 2 heterocycles. The van der Waals surface area contributed by atoms with E-state index in [0.717, 1.165) is 40.1 Å². The molecule has 4 aromatic rings. The van der Waals surface area contributed by atoms with Crippen molar-refractivity contribution in [2.45, 2.75) is 19.8 Å². The van der Waals surface area contributed by atoms with Crippen molar-refractivity contribution in [3.63, 3.8) is 0 Å². The Morgan fingerprint density at radius 1 is 1.18 bits per heavy atom. The van der Waals surface area contributed by atoms with Gasteiger partial charge in [-0.05, 0) is 43.2 Å². The van der Waals surface area contributed by atoms with Crippen LogP contribution in [0, 0.1) is 6.92 Å². The molecular weight excluding hydrogens is 374 g/mol. The number of carbonyl (C=O) groups excluding carboxylic acids is 1. The van der Waals surface area contributed by atoms with Gasteiger partial charge in [0.25, 0.3) is 5.91 Å². The van der Waals surface area contributed by atoms with Crippen LogP contribution in [0.1, 0.15) is 26.6 Å². The average Bonchev–Trinajstić information content (AvgIpc) is 3.33. The van der Waals surface area contributed by atoms with Crippen LogP contribution in [-0.2, 0) is 12.8 Å². The van der Waals surface area contributed by atoms with Crippen LogP contribution in [-0.4, -0.2) is 33.4 Å². The highest BCUT2D eigenvalue weighted by Crippen LogP contribution is 2.22. The summed E-state index contributed by atoms with van der Waals surface area (Å²) in [5.74, 6) is 0.538. The van der Waals surface area contributed by atoms with Gasteiger partial charge < -0.3 is 4.74 Å². The summed E-state index contributed by atoms with van der Waals surface area (Å²) in [6.45, 7) is 1.98. The molecule has 142 valence electrons. The first kappa shape index (κ1) is 18.1. The average molecular weight is 393 g/mol. The van der Waals surface area contributed by atoms with Crippen molar-refractivity contribution in [3.8, 4) is 5.75 Å². The van der Waals surface area contributed by atoms with Crippen molar-refractivity contribution in [1.29, 1.82) is 0 Å². The van der Waals surface area contributed by atoms with Crippen LogP contribution < -0.4 is 10.1 Å². The summed E-state index contributed by atoms with van der Waals surface area (Å²) in [4.78, 5) is 12.6. The maximum atomic E-state index is 12.6. The van der Waals surface area contributed by atoms with E-state index in [1.165, 1.54) is 16.9 Å². The van der Waals surface area contributed by atoms with Gasteiger partial charge in [-0.1, -0.05) is 35.1 Å². The van der Waals surface area contributed by atoms with Gasteiger partial charge in [0, 0.05) is 11.8 Å². The van der Waals surface area contributed by atoms with Crippen molar-refractivity contribution in [3.05, 3.63) is 64.3 Å². The molecule has 1 amide bonds. The zero-order valence-electron chi connectivity index (χ0n) is 15.5. The second-order valence-electron chi connectivity index (χ2n) is 6.43. The highest BCUT2D eigenvalue weighted by molar-refractivity contribution is 7.15. The number of aromatic amines is 1. The van der Waals surface area contributed by atoms with E-state index in [1.54, 1.807) is 7.11 Å². The SMILES string of the molecule is COc1cccc(CCc2nnc(NC(=O)c3n[nH]c4ccc(C)cc34)s2)c1. The Morgan fingerprint density at radius 2 is 2.07 bits per heavy atom. The van der Waals surface area contributed by atoms with E-state index >= 15 is 0 Å². The van der Waals surface area contributed by atoms with Crippen LogP contribution in [0.5, 0.6) is 5.75 Å². The molecule has 0 saturated heterocycles. The number of anilines is 1. The van der Waals surface area contributed by atoms with E-state index in [0.29, 0.717) is 10.8 Å². The first-order valence-corrected chi connectivity index (χ1v) is 9.65. The standard InChI is InChI=1S/C20H19N5O2S/c1-12-6-8-16-15(10-12)18(24-22-16)19(26)21-20-25-23-17(28-20)9-7-13-4-3-5-14(11-13)27-2/h3-6,8,10-11H,7,9H2,1-2H3,(H,22,24)(H,21,25,26). The number of fused-ring (bicyclic) bond motifs is 1. The monoisotopic (exact) mass is 393 g/mol. The topological polar surface area (TPSA) is 92.8 Å². The van der Waals surface area contributed by atoms with Crippen LogP contribution in [0.3, 0.4) is 0 Å². The lowest BCUT2D eigenvalue weighted by atomic mass is 10.1. The number of hydrogen-bond donors (Lipinski definition) is 2. The lowest BCUT2D eigenvalue weighted by Crippen LogP contribution is -2.12. The Bertz CT molecular complexity index is 1130. The van der Waals surface area contributed by atoms with Crippen molar-refractivity contribution >= 4 is 33.3 Å². The minimum atomic E-state index is -0.299. The van der Waals surface area contributed by atoms with Crippen molar-refractivity contribution < 1.29 is 9.53 Å². The van der Waals surface area contributed by atoms with Crippen LogP contribution in [0.2, 0.25) is 0 Å². The minimum Gasteiger partial charge on any atom is -0.497 e. The molecule has 7 nitrogen and oxygen atoms in total. The minimum absolute atomic E-state index is 0.299. The molecule has 2 N–H and O–H groups in total. The molecule has 0 unspecified atom stereocenters. The van der Waals surface area contributed by atoms with Gasteiger partial charge in [0.2, 0.25) is 5.13 Å². The molecule has 0 atom stereocenters. The van der Waals surface area contributed by atoms with E-state index in [4.69, 9.17) is 4.74 Å². The zero-order chi connectivity index (χ0) is 19.5. The Hall–Kier alpha value is -3.26. The largest absolute Gasteiger partial charge is 0.497 e. The predicted octanol–water partition coefficient (Wildman–Crippen LogP) is 3.77. The summed E-state index contributed by atoms with van der Waals surface area (Å²) in [6.07, 6.45) is 1.56. The normalized spacial score (nSPS) is 10.9. The first-order chi connectivity index (χ1) is 13.6. The third-order valence-corrected chi connectivity index (χ3v) is 5.28. The fraction of sp³-hybridized carbons (Fsp3) is 0.200. The van der Waals surface area contributed by atoms with Gasteiger partial charge in [0.05, 0.1) is 12.6 Å². The number of hydrogen-bond acceptors (Lipinski definition) is 6. The number of nitrogens with one attached hydrogen (secondary N) is 2. The Kier molecular flexibility index (Phi) is 5.03. The number of rotatable bonds is 6. The maximum Gasteiger partial charge on any atom is 0.278 e. The Morgan fingerprint density at radius 3 is 2.93 bits per heavy atom. The molecule has 0 fully saturated rings. The van der Waals surface area contributed by atoms with E-state index in [1.807, 2.05) is 43.3 Å². The highest BCUT2D eigenvalue weighted by Gasteiger charge is 2.16. The molecule has 0 saturated carbocycles. The summed E-state index contributed by atoms with van der Waals surface area (Å²) in [6, 6.07) is 13.8. The molecule has 0 aliphatic heterocycles. The predicted molar refractivity (Wildman–Crippen MR) is 109 cm³/mol. The van der Waals surface area contributed by atoms with E-state index in [9.17, 15) is 4.79 Å². The molecule has 0 aliphatic rings. The van der Waals surface area contributed by atoms with Crippen LogP contribution >= 0.6 is 11.3 Å². The number of benzene rings is 2. The maximum absolute atomic E-state index is 12.6. The van der Waals surface area contributed by atoms with Gasteiger partial charge in [0.1, 0.15) is 10.8 Å². The molecule has 28 heavy (non-hydrogen) atoms. The summed E-state index contributed by atoms with van der Waals surface area (Å²) in [7, 11) is 1.66. The highest BCUT2D eigenvalue weighted by atomic mass is 32.1. The Balaban J connectivity index is 1.42. The summed E-state index contributed by atoms with van der Waals surface area (Å²) >= 11 is 1.37.